The van der Waals surface area contributed by atoms with Gasteiger partial charge >= 0.3 is 0 Å². The summed E-state index contributed by atoms with van der Waals surface area (Å²) in [4.78, 5) is 0.959. The molecule has 0 aliphatic heterocycles. The van der Waals surface area contributed by atoms with Crippen molar-refractivity contribution in [3.05, 3.63) is 64.2 Å². The molecular weight excluding hydrogens is 286 g/mol. The Morgan fingerprint density at radius 3 is 2.14 bits per heavy atom. The largest absolute Gasteiger partial charge is 0.197 e. The first-order chi connectivity index (χ1) is 10.2. The molecule has 0 aliphatic rings. The molecule has 0 saturated heterocycles. The second kappa shape index (κ2) is 6.18. The number of rotatable bonds is 2. The lowest BCUT2D eigenvalue weighted by Gasteiger charge is -2.24. The van der Waals surface area contributed by atoms with E-state index in [-0.39, 0.29) is 11.3 Å². The van der Waals surface area contributed by atoms with E-state index >= 15 is 0 Å². The van der Waals surface area contributed by atoms with Crippen molar-refractivity contribution >= 4 is 12.6 Å². The van der Waals surface area contributed by atoms with Crippen LogP contribution in [0.2, 0.25) is 0 Å². The van der Waals surface area contributed by atoms with Crippen LogP contribution >= 0.6 is 12.6 Å². The van der Waals surface area contributed by atoms with Gasteiger partial charge in [-0.1, -0.05) is 56.7 Å². The Morgan fingerprint density at radius 1 is 1.05 bits per heavy atom. The van der Waals surface area contributed by atoms with E-state index in [0.29, 0.717) is 0 Å². The van der Waals surface area contributed by atoms with Crippen LogP contribution in [0.3, 0.4) is 0 Å². The molecular formula is C20H23NS. The van der Waals surface area contributed by atoms with Gasteiger partial charge in [0.25, 0.3) is 0 Å². The molecule has 1 unspecified atom stereocenters. The van der Waals surface area contributed by atoms with Crippen molar-refractivity contribution in [1.29, 1.82) is 5.26 Å². The average Bonchev–Trinajstić information content (AvgIpc) is 2.43. The minimum atomic E-state index is -0.250. The summed E-state index contributed by atoms with van der Waals surface area (Å²) in [5.74, 6) is -0.250. The van der Waals surface area contributed by atoms with Gasteiger partial charge in [0.2, 0.25) is 0 Å². The van der Waals surface area contributed by atoms with E-state index in [9.17, 15) is 5.26 Å². The van der Waals surface area contributed by atoms with Gasteiger partial charge in [-0.25, -0.2) is 0 Å². The SMILES string of the molecule is Cc1ccc(C(C#N)c2cc(S)c(C(C)(C)C)cc2C)cc1. The molecule has 0 bridgehead atoms. The predicted molar refractivity (Wildman–Crippen MR) is 95.8 cm³/mol. The molecule has 0 heterocycles. The van der Waals surface area contributed by atoms with E-state index < -0.39 is 0 Å². The Kier molecular flexibility index (Phi) is 4.68. The highest BCUT2D eigenvalue weighted by atomic mass is 32.1. The van der Waals surface area contributed by atoms with E-state index in [1.165, 1.54) is 11.1 Å². The molecule has 0 aromatic heterocycles. The molecule has 0 radical (unpaired) electrons. The van der Waals surface area contributed by atoms with Gasteiger partial charge in [-0.15, -0.1) is 12.6 Å². The number of nitrogens with zero attached hydrogens (tertiary/aromatic N) is 1. The zero-order chi connectivity index (χ0) is 16.5. The number of hydrogen-bond donors (Lipinski definition) is 1. The number of hydrogen-bond acceptors (Lipinski definition) is 2. The third-order valence-electron chi connectivity index (χ3n) is 4.04. The molecule has 2 rings (SSSR count). The van der Waals surface area contributed by atoms with Crippen molar-refractivity contribution in [2.24, 2.45) is 0 Å². The quantitative estimate of drug-likeness (QED) is 0.723. The van der Waals surface area contributed by atoms with Crippen molar-refractivity contribution < 1.29 is 0 Å². The van der Waals surface area contributed by atoms with Gasteiger partial charge in [0, 0.05) is 4.90 Å². The van der Waals surface area contributed by atoms with Crippen LogP contribution in [-0.2, 0) is 5.41 Å². The van der Waals surface area contributed by atoms with Crippen LogP contribution in [0.25, 0.3) is 0 Å². The average molecular weight is 309 g/mol. The van der Waals surface area contributed by atoms with Gasteiger partial charge in [0.15, 0.2) is 0 Å². The van der Waals surface area contributed by atoms with Crippen molar-refractivity contribution in [2.45, 2.75) is 50.8 Å². The molecule has 0 fully saturated rings. The molecule has 0 amide bonds. The van der Waals surface area contributed by atoms with E-state index in [1.807, 2.05) is 12.1 Å². The van der Waals surface area contributed by atoms with Crippen molar-refractivity contribution in [3.63, 3.8) is 0 Å². The molecule has 114 valence electrons. The lowest BCUT2D eigenvalue weighted by molar-refractivity contribution is 0.577. The van der Waals surface area contributed by atoms with Crippen LogP contribution in [0, 0.1) is 25.2 Å². The highest BCUT2D eigenvalue weighted by Gasteiger charge is 2.22. The molecule has 0 saturated carbocycles. The first-order valence-electron chi connectivity index (χ1n) is 7.54. The van der Waals surface area contributed by atoms with E-state index in [1.54, 1.807) is 0 Å². The lowest BCUT2D eigenvalue weighted by Crippen LogP contribution is -2.13. The highest BCUT2D eigenvalue weighted by molar-refractivity contribution is 7.80. The maximum atomic E-state index is 9.67. The van der Waals surface area contributed by atoms with E-state index in [0.717, 1.165) is 21.6 Å². The standard InChI is InChI=1S/C20H23NS/c1-13-6-8-15(9-7-13)17(12-21)16-11-19(22)18(10-14(16)2)20(3,4)5/h6-11,17,22H,1-5H3. The summed E-state index contributed by atoms with van der Waals surface area (Å²) in [5, 5.41) is 9.67. The molecule has 22 heavy (non-hydrogen) atoms. The smallest absolute Gasteiger partial charge is 0.0965 e. The lowest BCUT2D eigenvalue weighted by atomic mass is 9.82. The summed E-state index contributed by atoms with van der Waals surface area (Å²) in [5.41, 5.74) is 5.70. The second-order valence-corrected chi connectivity index (χ2v) is 7.43. The minimum Gasteiger partial charge on any atom is -0.197 e. The third-order valence-corrected chi connectivity index (χ3v) is 4.41. The maximum absolute atomic E-state index is 9.67. The topological polar surface area (TPSA) is 23.8 Å². The Balaban J connectivity index is 2.54. The van der Waals surface area contributed by atoms with Crippen LogP contribution in [0.5, 0.6) is 0 Å². The summed E-state index contributed by atoms with van der Waals surface area (Å²) >= 11 is 4.66. The summed E-state index contributed by atoms with van der Waals surface area (Å²) in [6.07, 6.45) is 0. The Morgan fingerprint density at radius 2 is 1.64 bits per heavy atom. The van der Waals surface area contributed by atoms with Crippen LogP contribution < -0.4 is 0 Å². The van der Waals surface area contributed by atoms with E-state index in [4.69, 9.17) is 0 Å². The van der Waals surface area contributed by atoms with Gasteiger partial charge in [-0.05, 0) is 47.6 Å². The monoisotopic (exact) mass is 309 g/mol. The fourth-order valence-electron chi connectivity index (χ4n) is 2.71. The summed E-state index contributed by atoms with van der Waals surface area (Å²) < 4.78 is 0. The number of aryl methyl sites for hydroxylation is 2. The summed E-state index contributed by atoms with van der Waals surface area (Å²) in [7, 11) is 0. The van der Waals surface area contributed by atoms with Crippen LogP contribution in [0.4, 0.5) is 0 Å². The van der Waals surface area contributed by atoms with Crippen molar-refractivity contribution in [1.82, 2.24) is 0 Å². The van der Waals surface area contributed by atoms with Crippen LogP contribution in [0.15, 0.2) is 41.3 Å². The fraction of sp³-hybridized carbons (Fsp3) is 0.350. The normalized spacial score (nSPS) is 12.8. The molecule has 0 aliphatic carbocycles. The van der Waals surface area contributed by atoms with Crippen LogP contribution in [0.1, 0.15) is 54.5 Å². The van der Waals surface area contributed by atoms with Crippen molar-refractivity contribution in [3.8, 4) is 6.07 Å². The second-order valence-electron chi connectivity index (χ2n) is 6.95. The summed E-state index contributed by atoms with van der Waals surface area (Å²) in [6, 6.07) is 14.9. The fourth-order valence-corrected chi connectivity index (χ4v) is 3.25. The van der Waals surface area contributed by atoms with Gasteiger partial charge in [0.1, 0.15) is 0 Å². The Hall–Kier alpha value is -1.72. The molecule has 1 atom stereocenters. The molecule has 2 aromatic rings. The number of nitriles is 1. The highest BCUT2D eigenvalue weighted by Crippen LogP contribution is 2.35. The zero-order valence-corrected chi connectivity index (χ0v) is 14.8. The molecule has 1 nitrogen and oxygen atoms in total. The van der Waals surface area contributed by atoms with Crippen LogP contribution in [-0.4, -0.2) is 0 Å². The minimum absolute atomic E-state index is 0.0480. The van der Waals surface area contributed by atoms with Gasteiger partial charge in [-0.3, -0.25) is 0 Å². The number of thiol groups is 1. The molecule has 0 spiro atoms. The third kappa shape index (κ3) is 3.36. The zero-order valence-electron chi connectivity index (χ0n) is 13.9. The van der Waals surface area contributed by atoms with Crippen molar-refractivity contribution in [2.75, 3.05) is 0 Å². The molecule has 0 N–H and O–H groups in total. The van der Waals surface area contributed by atoms with Gasteiger partial charge < -0.3 is 0 Å². The first kappa shape index (κ1) is 16.6. The Labute approximate surface area is 139 Å². The Bertz CT molecular complexity index is 715. The maximum Gasteiger partial charge on any atom is 0.0965 e. The number of benzene rings is 2. The molecule has 2 heteroatoms. The van der Waals surface area contributed by atoms with Gasteiger partial charge in [-0.2, -0.15) is 5.26 Å². The van der Waals surface area contributed by atoms with E-state index in [2.05, 4.69) is 77.6 Å². The molecule has 2 aromatic carbocycles. The van der Waals surface area contributed by atoms with Gasteiger partial charge in [0.05, 0.1) is 12.0 Å². The first-order valence-corrected chi connectivity index (χ1v) is 7.99. The summed E-state index contributed by atoms with van der Waals surface area (Å²) in [6.45, 7) is 10.7. The predicted octanol–water partition coefficient (Wildman–Crippen LogP) is 5.55.